The maximum absolute atomic E-state index is 11.9. The lowest BCUT2D eigenvalue weighted by Gasteiger charge is -2.28. The molecule has 2 aliphatic rings. The Bertz CT molecular complexity index is 426. The van der Waals surface area contributed by atoms with E-state index in [4.69, 9.17) is 14.2 Å². The van der Waals surface area contributed by atoms with Crippen LogP contribution in [0.2, 0.25) is 0 Å². The number of ether oxygens (including phenoxy) is 3. The third-order valence-electron chi connectivity index (χ3n) is 4.88. The summed E-state index contributed by atoms with van der Waals surface area (Å²) < 4.78 is 15.8. The molecule has 1 aliphatic heterocycles. The van der Waals surface area contributed by atoms with E-state index in [9.17, 15) is 15.0 Å². The van der Waals surface area contributed by atoms with Crippen LogP contribution in [-0.2, 0) is 14.2 Å². The third kappa shape index (κ3) is 11.2. The lowest BCUT2D eigenvalue weighted by molar-refractivity contribution is 0.00691. The van der Waals surface area contributed by atoms with Crippen LogP contribution in [0.15, 0.2) is 0 Å². The van der Waals surface area contributed by atoms with Crippen LogP contribution < -0.4 is 0 Å². The van der Waals surface area contributed by atoms with E-state index in [0.29, 0.717) is 25.6 Å². The Morgan fingerprint density at radius 1 is 0.857 bits per heavy atom. The van der Waals surface area contributed by atoms with Crippen molar-refractivity contribution in [2.24, 2.45) is 0 Å². The average Bonchev–Trinajstić information content (AvgIpc) is 2.91. The van der Waals surface area contributed by atoms with Crippen LogP contribution in [-0.4, -0.2) is 78.5 Å². The molecule has 0 spiro atoms. The number of hydrogen-bond acceptors (Lipinski definition) is 6. The minimum Gasteiger partial charge on any atom is -0.444 e. The van der Waals surface area contributed by atoms with Crippen LogP contribution >= 0.6 is 0 Å². The largest absolute Gasteiger partial charge is 0.444 e. The van der Waals surface area contributed by atoms with Gasteiger partial charge in [-0.25, -0.2) is 4.79 Å². The molecule has 4 atom stereocenters. The first-order valence-electron chi connectivity index (χ1n) is 10.0. The Morgan fingerprint density at radius 2 is 1.43 bits per heavy atom. The van der Waals surface area contributed by atoms with Crippen LogP contribution in [0.1, 0.15) is 73.1 Å². The first kappa shape index (κ1) is 27.1. The molecule has 1 saturated carbocycles. The third-order valence-corrected chi connectivity index (χ3v) is 4.88. The van der Waals surface area contributed by atoms with E-state index in [-0.39, 0.29) is 25.7 Å². The summed E-state index contributed by atoms with van der Waals surface area (Å²) in [6.07, 6.45) is 5.96. The SMILES string of the molecule is C.COC1CCC(O)CN(C(=O)OC(C)(C)C)C1.COC1CCCC(O)CC1. The summed E-state index contributed by atoms with van der Waals surface area (Å²) in [5.74, 6) is 0. The molecular weight excluding hydrogens is 362 g/mol. The summed E-state index contributed by atoms with van der Waals surface area (Å²) in [5.41, 5.74) is -0.517. The Hall–Kier alpha value is -0.890. The topological polar surface area (TPSA) is 88.5 Å². The predicted octanol–water partition coefficient (Wildman–Crippen LogP) is 3.36. The van der Waals surface area contributed by atoms with Gasteiger partial charge in [0.2, 0.25) is 0 Å². The van der Waals surface area contributed by atoms with Crippen molar-refractivity contribution in [3.05, 3.63) is 0 Å². The van der Waals surface area contributed by atoms with Crippen LogP contribution in [0.5, 0.6) is 0 Å². The number of likely N-dealkylation sites (tertiary alicyclic amines) is 1. The highest BCUT2D eigenvalue weighted by molar-refractivity contribution is 5.68. The van der Waals surface area contributed by atoms with Gasteiger partial charge in [0.25, 0.3) is 0 Å². The minimum absolute atomic E-state index is 0. The monoisotopic (exact) mass is 405 g/mol. The number of methoxy groups -OCH3 is 2. The zero-order valence-corrected chi connectivity index (χ0v) is 17.6. The average molecular weight is 406 g/mol. The molecule has 1 aliphatic carbocycles. The first-order valence-corrected chi connectivity index (χ1v) is 10.0. The van der Waals surface area contributed by atoms with Gasteiger partial charge in [-0.1, -0.05) is 7.43 Å². The Morgan fingerprint density at radius 3 is 2.00 bits per heavy atom. The fraction of sp³-hybridized carbons (Fsp3) is 0.952. The van der Waals surface area contributed by atoms with Gasteiger partial charge in [-0.05, 0) is 65.7 Å². The van der Waals surface area contributed by atoms with Gasteiger partial charge in [0.15, 0.2) is 0 Å². The molecule has 0 radical (unpaired) electrons. The molecule has 0 aromatic heterocycles. The summed E-state index contributed by atoms with van der Waals surface area (Å²) >= 11 is 0. The fourth-order valence-corrected chi connectivity index (χ4v) is 3.29. The Kier molecular flexibility index (Phi) is 12.9. The molecule has 1 saturated heterocycles. The van der Waals surface area contributed by atoms with Crippen molar-refractivity contribution in [3.63, 3.8) is 0 Å². The molecule has 0 aromatic rings. The Balaban J connectivity index is 0.000000567. The Labute approximate surface area is 171 Å². The van der Waals surface area contributed by atoms with Crippen molar-refractivity contribution < 1.29 is 29.2 Å². The highest BCUT2D eigenvalue weighted by Crippen LogP contribution is 2.19. The number of aliphatic hydroxyl groups is 2. The lowest BCUT2D eigenvalue weighted by atomic mass is 10.1. The molecule has 4 unspecified atom stereocenters. The van der Waals surface area contributed by atoms with Crippen LogP contribution in [0, 0.1) is 0 Å². The second-order valence-electron chi connectivity index (χ2n) is 8.49. The number of β-amino-alcohol motifs (C(OH)–C–C–N with tert-alkyl or cyclic N) is 1. The molecular formula is C21H43NO6. The molecule has 7 heteroatoms. The van der Waals surface area contributed by atoms with Crippen LogP contribution in [0.3, 0.4) is 0 Å². The smallest absolute Gasteiger partial charge is 0.410 e. The summed E-state index contributed by atoms with van der Waals surface area (Å²) in [4.78, 5) is 13.4. The molecule has 2 fully saturated rings. The van der Waals surface area contributed by atoms with Gasteiger partial charge in [-0.15, -0.1) is 0 Å². The fourth-order valence-electron chi connectivity index (χ4n) is 3.29. The van der Waals surface area contributed by atoms with Gasteiger partial charge in [0, 0.05) is 14.2 Å². The lowest BCUT2D eigenvalue weighted by Crippen LogP contribution is -2.42. The van der Waals surface area contributed by atoms with Crippen molar-refractivity contribution in [3.8, 4) is 0 Å². The number of amides is 1. The number of hydrogen-bond donors (Lipinski definition) is 2. The van der Waals surface area contributed by atoms with Gasteiger partial charge in [-0.3, -0.25) is 0 Å². The number of aliphatic hydroxyl groups excluding tert-OH is 2. The number of nitrogens with zero attached hydrogens (tertiary/aromatic N) is 1. The van der Waals surface area contributed by atoms with Crippen molar-refractivity contribution in [2.75, 3.05) is 27.3 Å². The van der Waals surface area contributed by atoms with Gasteiger partial charge in [0.05, 0.1) is 37.5 Å². The van der Waals surface area contributed by atoms with Gasteiger partial charge in [-0.2, -0.15) is 0 Å². The predicted molar refractivity (Wildman–Crippen MR) is 110 cm³/mol. The molecule has 168 valence electrons. The molecule has 1 amide bonds. The van der Waals surface area contributed by atoms with Crippen LogP contribution in [0.4, 0.5) is 4.79 Å². The second kappa shape index (κ2) is 13.4. The summed E-state index contributed by atoms with van der Waals surface area (Å²) in [6, 6.07) is 0. The van der Waals surface area contributed by atoms with E-state index in [2.05, 4.69) is 0 Å². The second-order valence-corrected chi connectivity index (χ2v) is 8.49. The maximum Gasteiger partial charge on any atom is 0.410 e. The van der Waals surface area contributed by atoms with Crippen molar-refractivity contribution in [1.82, 2.24) is 4.90 Å². The van der Waals surface area contributed by atoms with Gasteiger partial charge >= 0.3 is 6.09 Å². The first-order chi connectivity index (χ1) is 12.6. The van der Waals surface area contributed by atoms with Crippen LogP contribution in [0.25, 0.3) is 0 Å². The van der Waals surface area contributed by atoms with Crippen molar-refractivity contribution in [2.45, 2.75) is 103 Å². The van der Waals surface area contributed by atoms with E-state index in [1.165, 1.54) is 4.90 Å². The highest BCUT2D eigenvalue weighted by atomic mass is 16.6. The van der Waals surface area contributed by atoms with Crippen molar-refractivity contribution in [1.29, 1.82) is 0 Å². The van der Waals surface area contributed by atoms with Gasteiger partial charge in [0.1, 0.15) is 5.60 Å². The summed E-state index contributed by atoms with van der Waals surface area (Å²) in [7, 11) is 3.37. The zero-order chi connectivity index (χ0) is 20.4. The quantitative estimate of drug-likeness (QED) is 0.685. The number of carbonyl (C=O) groups is 1. The molecule has 0 aromatic carbocycles. The number of carbonyl (C=O) groups excluding carboxylic acids is 1. The number of rotatable bonds is 2. The summed E-state index contributed by atoms with van der Waals surface area (Å²) in [5, 5.41) is 19.0. The maximum atomic E-state index is 11.9. The molecule has 2 rings (SSSR count). The van der Waals surface area contributed by atoms with E-state index in [1.807, 2.05) is 20.8 Å². The van der Waals surface area contributed by atoms with E-state index in [1.54, 1.807) is 14.2 Å². The highest BCUT2D eigenvalue weighted by Gasteiger charge is 2.29. The van der Waals surface area contributed by atoms with Gasteiger partial charge < -0.3 is 29.3 Å². The molecule has 1 heterocycles. The molecule has 0 bridgehead atoms. The molecule has 28 heavy (non-hydrogen) atoms. The molecule has 7 nitrogen and oxygen atoms in total. The minimum atomic E-state index is -0.517. The normalized spacial score (nSPS) is 28.8. The van der Waals surface area contributed by atoms with Crippen molar-refractivity contribution >= 4 is 6.09 Å². The van der Waals surface area contributed by atoms with E-state index in [0.717, 1.165) is 38.5 Å². The van der Waals surface area contributed by atoms with E-state index >= 15 is 0 Å². The molecule has 2 N–H and O–H groups in total. The summed E-state index contributed by atoms with van der Waals surface area (Å²) in [6.45, 7) is 6.27. The zero-order valence-electron chi connectivity index (χ0n) is 17.6. The standard InChI is InChI=1S/C12H23NO4.C8H16O2.CH4/c1-12(2,3)17-11(15)13-7-9(14)5-6-10(8-13)16-4;1-10-8-4-2-3-7(9)5-6-8;/h9-10,14H,5-8H2,1-4H3;7-9H,2-6H2,1H3;1H4. The van der Waals surface area contributed by atoms with E-state index < -0.39 is 11.7 Å².